The van der Waals surface area contributed by atoms with Gasteiger partial charge in [-0.1, -0.05) is 237 Å². The zero-order chi connectivity index (χ0) is 45.5. The molecule has 2 aliphatic carbocycles. The molecule has 0 N–H and O–H groups in total. The van der Waals surface area contributed by atoms with Gasteiger partial charge in [-0.15, -0.1) is 0 Å². The highest BCUT2D eigenvalue weighted by atomic mass is 15.0. The topological polar surface area (TPSA) is 51.6 Å². The average Bonchev–Trinajstić information content (AvgIpc) is 3.91. The first-order valence-electron chi connectivity index (χ1n) is 23.5. The van der Waals surface area contributed by atoms with E-state index in [1.165, 1.54) is 49.9 Å². The molecule has 4 nitrogen and oxygen atoms in total. The molecule has 4 heteroatoms. The molecular formula is C65H40N4. The highest BCUT2D eigenvalue weighted by molar-refractivity contribution is 6.20. The van der Waals surface area contributed by atoms with Gasteiger partial charge >= 0.3 is 0 Å². The van der Waals surface area contributed by atoms with E-state index in [0.717, 1.165) is 66.5 Å². The van der Waals surface area contributed by atoms with E-state index in [2.05, 4.69) is 231 Å². The molecule has 0 bridgehead atoms. The summed E-state index contributed by atoms with van der Waals surface area (Å²) in [5.41, 5.74) is 20.3. The summed E-state index contributed by atoms with van der Waals surface area (Å²) in [5.74, 6) is 1.84. The highest BCUT2D eigenvalue weighted by Gasteiger charge is 2.52. The Kier molecular flexibility index (Phi) is 8.77. The Morgan fingerprint density at radius 3 is 1.16 bits per heavy atom. The number of para-hydroxylation sites is 1. The van der Waals surface area contributed by atoms with Crippen molar-refractivity contribution < 1.29 is 0 Å². The zero-order valence-electron chi connectivity index (χ0n) is 37.4. The van der Waals surface area contributed by atoms with Crippen LogP contribution in [0.4, 0.5) is 0 Å². The molecule has 0 saturated carbocycles. The Morgan fingerprint density at radius 1 is 0.246 bits per heavy atom. The summed E-state index contributed by atoms with van der Waals surface area (Å²) in [5, 5.41) is 3.50. The van der Waals surface area contributed by atoms with Gasteiger partial charge in [-0.05, 0) is 72.8 Å². The number of fused-ring (bicyclic) bond motifs is 14. The summed E-state index contributed by atoms with van der Waals surface area (Å²) in [7, 11) is 0. The minimum Gasteiger partial charge on any atom is -0.247 e. The highest BCUT2D eigenvalue weighted by Crippen LogP contribution is 2.64. The lowest BCUT2D eigenvalue weighted by molar-refractivity contribution is 0.794. The molecule has 14 rings (SSSR count). The fourth-order valence-corrected chi connectivity index (χ4v) is 11.3. The summed E-state index contributed by atoms with van der Waals surface area (Å²) >= 11 is 0. The second-order valence-electron chi connectivity index (χ2n) is 18.0. The summed E-state index contributed by atoms with van der Waals surface area (Å²) < 4.78 is 0. The van der Waals surface area contributed by atoms with Crippen LogP contribution in [-0.2, 0) is 5.41 Å². The Morgan fingerprint density at radius 2 is 0.638 bits per heavy atom. The lowest BCUT2D eigenvalue weighted by atomic mass is 9.70. The van der Waals surface area contributed by atoms with Gasteiger partial charge in [0.25, 0.3) is 0 Å². The maximum atomic E-state index is 5.44. The van der Waals surface area contributed by atoms with Gasteiger partial charge in [-0.2, -0.15) is 0 Å². The van der Waals surface area contributed by atoms with Crippen molar-refractivity contribution in [3.8, 4) is 89.9 Å². The second kappa shape index (κ2) is 15.5. The molecule has 0 saturated heterocycles. The predicted octanol–water partition coefficient (Wildman–Crippen LogP) is 15.9. The number of pyridine rings is 1. The van der Waals surface area contributed by atoms with E-state index >= 15 is 0 Å². The van der Waals surface area contributed by atoms with Crippen molar-refractivity contribution in [2.24, 2.45) is 0 Å². The van der Waals surface area contributed by atoms with E-state index in [1.807, 2.05) is 12.1 Å². The van der Waals surface area contributed by atoms with E-state index in [1.54, 1.807) is 0 Å². The van der Waals surface area contributed by atoms with E-state index in [-0.39, 0.29) is 0 Å². The summed E-state index contributed by atoms with van der Waals surface area (Å²) in [6.07, 6.45) is 0. The third-order valence-electron chi connectivity index (χ3n) is 14.4. The van der Waals surface area contributed by atoms with Crippen LogP contribution in [0.15, 0.2) is 243 Å². The Hall–Kier alpha value is -9.12. The maximum Gasteiger partial charge on any atom is 0.164 e. The van der Waals surface area contributed by atoms with Gasteiger partial charge in [0.15, 0.2) is 17.5 Å². The van der Waals surface area contributed by atoms with Crippen LogP contribution in [0, 0.1) is 0 Å². The van der Waals surface area contributed by atoms with Crippen LogP contribution in [0.25, 0.3) is 112 Å². The molecule has 1 spiro atoms. The number of hydrogen-bond donors (Lipinski definition) is 0. The molecule has 0 radical (unpaired) electrons. The minimum atomic E-state index is -0.435. The summed E-state index contributed by atoms with van der Waals surface area (Å²) in [4.78, 5) is 20.8. The van der Waals surface area contributed by atoms with Crippen LogP contribution in [0.1, 0.15) is 22.3 Å². The second-order valence-corrected chi connectivity index (χ2v) is 18.0. The standard InChI is InChI=1S/C65H40N4/c1-3-15-41(16-4-1)43-27-33-46(34-28-43)62-67-63(47-35-29-44(30-36-47)42-17-5-2-6-18-42)69-64(68-62)48-37-31-45(32-38-48)61-53-39-40-57-60(59(53)52-22-10-14-26-58(52)66-61)51-21-9-13-25-56(51)65(57)54-23-11-7-19-49(54)50-20-8-12-24-55(50)65/h1-40H. The molecule has 12 aromatic rings. The first-order valence-corrected chi connectivity index (χ1v) is 23.5. The van der Waals surface area contributed by atoms with Gasteiger partial charge in [0.2, 0.25) is 0 Å². The molecule has 10 aromatic carbocycles. The lowest BCUT2D eigenvalue weighted by Gasteiger charge is -2.30. The Balaban J connectivity index is 0.914. The largest absolute Gasteiger partial charge is 0.247 e. The van der Waals surface area contributed by atoms with E-state index in [4.69, 9.17) is 19.9 Å². The third kappa shape index (κ3) is 6.02. The quantitative estimate of drug-likeness (QED) is 0.156. The van der Waals surface area contributed by atoms with E-state index in [0.29, 0.717) is 17.5 Å². The fraction of sp³-hybridized carbons (Fsp3) is 0.0154. The van der Waals surface area contributed by atoms with Gasteiger partial charge in [0.05, 0.1) is 16.6 Å². The first kappa shape index (κ1) is 39.1. The molecule has 0 aliphatic heterocycles. The third-order valence-corrected chi connectivity index (χ3v) is 14.4. The SMILES string of the molecule is c1ccc(-c2ccc(-c3nc(-c4ccc(-c5ccccc5)cc4)nc(-c4ccc(-c5nc6ccccc6c6c7c(ccc56)C5(c6ccccc6-c6ccccc65)c5ccccc5-7)cc4)n3)cc2)cc1. The van der Waals surface area contributed by atoms with Crippen LogP contribution in [-0.4, -0.2) is 19.9 Å². The first-order chi connectivity index (χ1) is 34.2. The molecule has 69 heavy (non-hydrogen) atoms. The molecule has 0 atom stereocenters. The number of nitrogens with zero attached hydrogens (tertiary/aromatic N) is 4. The van der Waals surface area contributed by atoms with Gasteiger partial charge in [-0.25, -0.2) is 19.9 Å². The van der Waals surface area contributed by atoms with Crippen LogP contribution in [0.5, 0.6) is 0 Å². The van der Waals surface area contributed by atoms with Gasteiger partial charge in [0.1, 0.15) is 0 Å². The molecule has 2 aliphatic rings. The number of rotatable bonds is 6. The van der Waals surface area contributed by atoms with Crippen molar-refractivity contribution in [2.45, 2.75) is 5.41 Å². The van der Waals surface area contributed by atoms with Gasteiger partial charge in [-0.3, -0.25) is 0 Å². The van der Waals surface area contributed by atoms with E-state index < -0.39 is 5.41 Å². The Labute approximate surface area is 400 Å². The van der Waals surface area contributed by atoms with Crippen molar-refractivity contribution in [1.82, 2.24) is 19.9 Å². The molecule has 320 valence electrons. The van der Waals surface area contributed by atoms with Crippen molar-refractivity contribution in [2.75, 3.05) is 0 Å². The normalized spacial score (nSPS) is 12.8. The predicted molar refractivity (Wildman–Crippen MR) is 282 cm³/mol. The summed E-state index contributed by atoms with van der Waals surface area (Å²) in [6, 6.07) is 86.8. The van der Waals surface area contributed by atoms with Crippen LogP contribution in [0.2, 0.25) is 0 Å². The number of aromatic nitrogens is 4. The van der Waals surface area contributed by atoms with Crippen LogP contribution in [0.3, 0.4) is 0 Å². The Bertz CT molecular complexity index is 3830. The monoisotopic (exact) mass is 876 g/mol. The average molecular weight is 877 g/mol. The molecule has 0 amide bonds. The number of benzene rings is 10. The van der Waals surface area contributed by atoms with Gasteiger partial charge < -0.3 is 0 Å². The van der Waals surface area contributed by atoms with Crippen LogP contribution >= 0.6 is 0 Å². The molecule has 0 unspecified atom stereocenters. The zero-order valence-corrected chi connectivity index (χ0v) is 37.4. The van der Waals surface area contributed by atoms with Crippen molar-refractivity contribution >= 4 is 21.7 Å². The lowest BCUT2D eigenvalue weighted by Crippen LogP contribution is -2.25. The smallest absolute Gasteiger partial charge is 0.164 e. The summed E-state index contributed by atoms with van der Waals surface area (Å²) in [6.45, 7) is 0. The van der Waals surface area contributed by atoms with Crippen molar-refractivity contribution in [1.29, 1.82) is 0 Å². The van der Waals surface area contributed by atoms with Crippen molar-refractivity contribution in [3.05, 3.63) is 265 Å². The minimum absolute atomic E-state index is 0.435. The molecular weight excluding hydrogens is 837 g/mol. The molecule has 0 fully saturated rings. The van der Waals surface area contributed by atoms with Gasteiger partial charge in [0, 0.05) is 38.4 Å². The van der Waals surface area contributed by atoms with Crippen LogP contribution < -0.4 is 0 Å². The van der Waals surface area contributed by atoms with Crippen molar-refractivity contribution in [3.63, 3.8) is 0 Å². The molecule has 2 aromatic heterocycles. The maximum absolute atomic E-state index is 5.44. The van der Waals surface area contributed by atoms with E-state index in [9.17, 15) is 0 Å². The number of hydrogen-bond acceptors (Lipinski definition) is 4. The fourth-order valence-electron chi connectivity index (χ4n) is 11.3. The molecule has 2 heterocycles.